The Labute approximate surface area is 214 Å². The van der Waals surface area contributed by atoms with Crippen LogP contribution in [0.1, 0.15) is 16.1 Å². The van der Waals surface area contributed by atoms with Crippen molar-refractivity contribution < 1.29 is 33.3 Å². The quantitative estimate of drug-likeness (QED) is 0.441. The summed E-state index contributed by atoms with van der Waals surface area (Å²) in [7, 11) is 4.36. The highest BCUT2D eigenvalue weighted by Gasteiger charge is 2.25. The van der Waals surface area contributed by atoms with E-state index in [1.54, 1.807) is 12.1 Å². The molecule has 0 aliphatic carbocycles. The first kappa shape index (κ1) is 24.7. The SMILES string of the molecule is COC(=O)c1[nH]c2cc(OC)c(OC)cc2c1NC(=O)CN1CCN(Cc2ccc3c(c2)OCO3)CC1. The molecule has 2 aliphatic heterocycles. The zero-order valence-corrected chi connectivity index (χ0v) is 21.1. The lowest BCUT2D eigenvalue weighted by molar-refractivity contribution is -0.117. The smallest absolute Gasteiger partial charge is 0.356 e. The fourth-order valence-corrected chi connectivity index (χ4v) is 4.69. The molecule has 0 spiro atoms. The number of amides is 1. The van der Waals surface area contributed by atoms with E-state index >= 15 is 0 Å². The van der Waals surface area contributed by atoms with E-state index in [1.807, 2.05) is 12.1 Å². The summed E-state index contributed by atoms with van der Waals surface area (Å²) in [4.78, 5) is 32.9. The lowest BCUT2D eigenvalue weighted by Crippen LogP contribution is -2.48. The largest absolute Gasteiger partial charge is 0.493 e. The molecule has 2 N–H and O–H groups in total. The lowest BCUT2D eigenvalue weighted by Gasteiger charge is -2.34. The number of carbonyl (C=O) groups is 2. The first-order valence-electron chi connectivity index (χ1n) is 12.0. The number of aromatic amines is 1. The number of hydrogen-bond donors (Lipinski definition) is 2. The number of carbonyl (C=O) groups excluding carboxylic acids is 2. The number of nitrogens with zero attached hydrogens (tertiary/aromatic N) is 2. The third-order valence-electron chi connectivity index (χ3n) is 6.63. The normalized spacial score (nSPS) is 15.5. The highest BCUT2D eigenvalue weighted by atomic mass is 16.7. The lowest BCUT2D eigenvalue weighted by atomic mass is 10.1. The van der Waals surface area contributed by atoms with E-state index in [4.69, 9.17) is 23.7 Å². The molecular weight excluding hydrogens is 480 g/mol. The van der Waals surface area contributed by atoms with E-state index < -0.39 is 5.97 Å². The van der Waals surface area contributed by atoms with Crippen LogP contribution >= 0.6 is 0 Å². The van der Waals surface area contributed by atoms with E-state index in [9.17, 15) is 9.59 Å². The number of esters is 1. The van der Waals surface area contributed by atoms with E-state index in [1.165, 1.54) is 21.3 Å². The summed E-state index contributed by atoms with van der Waals surface area (Å²) in [6, 6.07) is 9.46. The molecule has 0 atom stereocenters. The number of piperazine rings is 1. The third kappa shape index (κ3) is 5.13. The van der Waals surface area contributed by atoms with Crippen molar-refractivity contribution >= 4 is 28.5 Å². The van der Waals surface area contributed by atoms with Crippen molar-refractivity contribution in [2.24, 2.45) is 0 Å². The van der Waals surface area contributed by atoms with Crippen molar-refractivity contribution in [3.05, 3.63) is 41.6 Å². The molecule has 0 saturated carbocycles. The Morgan fingerprint density at radius 3 is 2.38 bits per heavy atom. The van der Waals surface area contributed by atoms with E-state index in [2.05, 4.69) is 26.2 Å². The molecule has 0 unspecified atom stereocenters. The Morgan fingerprint density at radius 2 is 1.65 bits per heavy atom. The van der Waals surface area contributed by atoms with Gasteiger partial charge < -0.3 is 34.0 Å². The third-order valence-corrected chi connectivity index (χ3v) is 6.63. The number of fused-ring (bicyclic) bond motifs is 2. The average molecular weight is 511 g/mol. The molecule has 37 heavy (non-hydrogen) atoms. The Morgan fingerprint density at radius 1 is 0.946 bits per heavy atom. The summed E-state index contributed by atoms with van der Waals surface area (Å²) in [6.07, 6.45) is 0. The van der Waals surface area contributed by atoms with E-state index in [0.717, 1.165) is 49.8 Å². The molecule has 3 aromatic rings. The van der Waals surface area contributed by atoms with Gasteiger partial charge in [0.1, 0.15) is 5.69 Å². The number of methoxy groups -OCH3 is 3. The molecule has 1 aromatic heterocycles. The zero-order chi connectivity index (χ0) is 25.9. The van der Waals surface area contributed by atoms with Gasteiger partial charge in [0.05, 0.1) is 39.1 Å². The summed E-state index contributed by atoms with van der Waals surface area (Å²) < 4.78 is 26.5. The van der Waals surface area contributed by atoms with Crippen LogP contribution in [0, 0.1) is 0 Å². The van der Waals surface area contributed by atoms with Crippen molar-refractivity contribution in [3.8, 4) is 23.0 Å². The monoisotopic (exact) mass is 510 g/mol. The van der Waals surface area contributed by atoms with Crippen molar-refractivity contribution in [2.75, 3.05) is 66.2 Å². The van der Waals surface area contributed by atoms with Crippen LogP contribution in [0.25, 0.3) is 10.9 Å². The van der Waals surface area contributed by atoms with Crippen molar-refractivity contribution in [1.82, 2.24) is 14.8 Å². The minimum Gasteiger partial charge on any atom is -0.493 e. The van der Waals surface area contributed by atoms with Gasteiger partial charge in [0.15, 0.2) is 23.0 Å². The minimum atomic E-state index is -0.582. The van der Waals surface area contributed by atoms with Gasteiger partial charge in [-0.05, 0) is 23.8 Å². The predicted octanol–water partition coefficient (Wildman–Crippen LogP) is 2.46. The molecule has 2 aliphatic rings. The van der Waals surface area contributed by atoms with Gasteiger partial charge in [-0.1, -0.05) is 6.07 Å². The molecule has 3 heterocycles. The standard InChI is InChI=1S/C26H30N4O7/c1-33-20-11-17-18(12-21(20)34-2)27-25(26(32)35-3)24(17)28-23(31)14-30-8-6-29(7-9-30)13-16-4-5-19-22(10-16)37-15-36-19/h4-5,10-12,27H,6-9,13-15H2,1-3H3,(H,28,31). The first-order chi connectivity index (χ1) is 18.0. The Bertz CT molecular complexity index is 1310. The highest BCUT2D eigenvalue weighted by molar-refractivity contribution is 6.11. The molecule has 5 rings (SSSR count). The summed E-state index contributed by atoms with van der Waals surface area (Å²) in [6.45, 7) is 4.44. The second-order valence-electron chi connectivity index (χ2n) is 8.91. The zero-order valence-electron chi connectivity index (χ0n) is 21.1. The van der Waals surface area contributed by atoms with Crippen LogP contribution in [0.2, 0.25) is 0 Å². The Kier molecular flexibility index (Phi) is 7.06. The van der Waals surface area contributed by atoms with Crippen LogP contribution in [0.4, 0.5) is 5.69 Å². The summed E-state index contributed by atoms with van der Waals surface area (Å²) >= 11 is 0. The summed E-state index contributed by atoms with van der Waals surface area (Å²) in [5.74, 6) is 1.76. The van der Waals surface area contributed by atoms with Crippen molar-refractivity contribution in [2.45, 2.75) is 6.54 Å². The number of H-pyrrole nitrogens is 1. The molecule has 0 bridgehead atoms. The van der Waals surface area contributed by atoms with Gasteiger partial charge in [-0.3, -0.25) is 14.6 Å². The van der Waals surface area contributed by atoms with Gasteiger partial charge >= 0.3 is 5.97 Å². The molecule has 2 aromatic carbocycles. The maximum absolute atomic E-state index is 13.0. The van der Waals surface area contributed by atoms with Crippen molar-refractivity contribution in [3.63, 3.8) is 0 Å². The predicted molar refractivity (Wildman–Crippen MR) is 136 cm³/mol. The Balaban J connectivity index is 1.23. The summed E-state index contributed by atoms with van der Waals surface area (Å²) in [5.41, 5.74) is 2.30. The number of nitrogens with one attached hydrogen (secondary N) is 2. The Hall–Kier alpha value is -3.96. The molecule has 1 saturated heterocycles. The van der Waals surface area contributed by atoms with E-state index in [0.29, 0.717) is 28.1 Å². The first-order valence-corrected chi connectivity index (χ1v) is 12.0. The fraction of sp³-hybridized carbons (Fsp3) is 0.385. The van der Waals surface area contributed by atoms with E-state index in [-0.39, 0.29) is 24.9 Å². The number of hydrogen-bond acceptors (Lipinski definition) is 9. The summed E-state index contributed by atoms with van der Waals surface area (Å²) in [5, 5.41) is 3.54. The van der Waals surface area contributed by atoms with Gasteiger partial charge in [-0.25, -0.2) is 4.79 Å². The minimum absolute atomic E-state index is 0.162. The number of rotatable bonds is 8. The van der Waals surface area contributed by atoms with Crippen LogP contribution in [0.3, 0.4) is 0 Å². The average Bonchev–Trinajstić information content (AvgIpc) is 3.52. The van der Waals surface area contributed by atoms with Gasteiger partial charge in [0.25, 0.3) is 0 Å². The molecule has 1 fully saturated rings. The second kappa shape index (κ2) is 10.6. The van der Waals surface area contributed by atoms with Crippen LogP contribution in [0.15, 0.2) is 30.3 Å². The van der Waals surface area contributed by atoms with Gasteiger partial charge in [-0.2, -0.15) is 0 Å². The number of benzene rings is 2. The maximum atomic E-state index is 13.0. The van der Waals surface area contributed by atoms with Crippen LogP contribution in [0.5, 0.6) is 23.0 Å². The van der Waals surface area contributed by atoms with Gasteiger partial charge in [0.2, 0.25) is 12.7 Å². The fourth-order valence-electron chi connectivity index (χ4n) is 4.69. The second-order valence-corrected chi connectivity index (χ2v) is 8.91. The topological polar surface area (TPSA) is 115 Å². The highest BCUT2D eigenvalue weighted by Crippen LogP contribution is 2.37. The van der Waals surface area contributed by atoms with Gasteiger partial charge in [-0.15, -0.1) is 0 Å². The molecule has 1 amide bonds. The number of aromatic nitrogens is 1. The molecule has 11 nitrogen and oxygen atoms in total. The molecule has 11 heteroatoms. The molecular formula is C26H30N4O7. The maximum Gasteiger partial charge on any atom is 0.356 e. The number of ether oxygens (including phenoxy) is 5. The molecule has 0 radical (unpaired) electrons. The van der Waals surface area contributed by atoms with Crippen molar-refractivity contribution in [1.29, 1.82) is 0 Å². The number of anilines is 1. The van der Waals surface area contributed by atoms with Gasteiger partial charge in [0, 0.05) is 44.2 Å². The molecule has 196 valence electrons. The van der Waals surface area contributed by atoms with Crippen LogP contribution in [-0.2, 0) is 16.1 Å². The van der Waals surface area contributed by atoms with Crippen LogP contribution in [-0.4, -0.2) is 87.5 Å². The van der Waals surface area contributed by atoms with Crippen LogP contribution < -0.4 is 24.3 Å².